The van der Waals surface area contributed by atoms with E-state index in [1.807, 2.05) is 24.3 Å². The minimum absolute atomic E-state index is 0.0548. The first-order valence-electron chi connectivity index (χ1n) is 11.3. The number of benzene rings is 2. The molecule has 0 spiro atoms. The van der Waals surface area contributed by atoms with Gasteiger partial charge in [-0.1, -0.05) is 17.4 Å². The van der Waals surface area contributed by atoms with E-state index < -0.39 is 0 Å². The van der Waals surface area contributed by atoms with Crippen LogP contribution in [0.2, 0.25) is 0 Å². The van der Waals surface area contributed by atoms with E-state index in [2.05, 4.69) is 21.3 Å². The molecule has 6 rings (SSSR count). The van der Waals surface area contributed by atoms with Crippen LogP contribution in [0.1, 0.15) is 38.4 Å². The van der Waals surface area contributed by atoms with Crippen LogP contribution in [-0.2, 0) is 11.3 Å². The quantitative estimate of drug-likeness (QED) is 0.415. The molecule has 2 aliphatic rings. The molecule has 2 bridgehead atoms. The van der Waals surface area contributed by atoms with E-state index in [0.29, 0.717) is 28.5 Å². The van der Waals surface area contributed by atoms with Crippen molar-refractivity contribution in [3.8, 4) is 10.9 Å². The summed E-state index contributed by atoms with van der Waals surface area (Å²) in [5, 5.41) is 4.48. The van der Waals surface area contributed by atoms with E-state index in [9.17, 15) is 9.18 Å². The number of para-hydroxylation sites is 1. The van der Waals surface area contributed by atoms with Crippen LogP contribution in [0.5, 0.6) is 10.9 Å². The zero-order valence-electron chi connectivity index (χ0n) is 18.2. The molecule has 0 saturated carbocycles. The Morgan fingerprint density at radius 2 is 2.06 bits per heavy atom. The Labute approximate surface area is 194 Å². The number of halogens is 1. The fourth-order valence-electron chi connectivity index (χ4n) is 5.37. The average molecular weight is 466 g/mol. The number of nitrogens with zero attached hydrogens (tertiary/aromatic N) is 2. The molecule has 8 heteroatoms. The molecule has 3 atom stereocenters. The molecule has 2 aromatic heterocycles. The number of piperidine rings is 1. The Hall–Kier alpha value is -2.97. The minimum Gasteiger partial charge on any atom is -0.460 e. The molecular weight excluding hydrogens is 441 g/mol. The number of ether oxygens (including phenoxy) is 1. The highest BCUT2D eigenvalue weighted by Gasteiger charge is 2.41. The summed E-state index contributed by atoms with van der Waals surface area (Å²) in [6.45, 7) is 2.36. The van der Waals surface area contributed by atoms with Gasteiger partial charge in [-0.05, 0) is 62.1 Å². The fraction of sp³-hybridized carbons (Fsp3) is 0.360. The predicted molar refractivity (Wildman–Crippen MR) is 125 cm³/mol. The van der Waals surface area contributed by atoms with Gasteiger partial charge in [-0.3, -0.25) is 9.69 Å². The van der Waals surface area contributed by atoms with Crippen molar-refractivity contribution in [2.75, 3.05) is 0 Å². The standard InChI is InChI=1S/C25H24FN3O3S/c1-14(30)27-16-11-17-5-6-18(12-16)29(17)13-20-10-15-9-19(7-8-22(15)31-20)32-25-28-24-21(26)3-2-4-23(24)33-25/h2-4,7-10,16-18H,5-6,11-13H2,1H3,(H,27,30)/t16?,17-,18?/m1/s1. The number of furan rings is 1. The summed E-state index contributed by atoms with van der Waals surface area (Å²) in [4.78, 5) is 18.3. The third kappa shape index (κ3) is 3.98. The van der Waals surface area contributed by atoms with Gasteiger partial charge in [0.25, 0.3) is 5.19 Å². The zero-order chi connectivity index (χ0) is 22.5. The zero-order valence-corrected chi connectivity index (χ0v) is 19.0. The number of nitrogens with one attached hydrogen (secondary N) is 1. The van der Waals surface area contributed by atoms with Crippen LogP contribution in [-0.4, -0.2) is 33.9 Å². The van der Waals surface area contributed by atoms with Crippen LogP contribution in [0.3, 0.4) is 0 Å². The van der Waals surface area contributed by atoms with Crippen molar-refractivity contribution in [1.29, 1.82) is 0 Å². The smallest absolute Gasteiger partial charge is 0.279 e. The number of aromatic nitrogens is 1. The normalized spacial score (nSPS) is 22.8. The molecule has 2 aromatic carbocycles. The molecule has 2 unspecified atom stereocenters. The van der Waals surface area contributed by atoms with Gasteiger partial charge in [0.1, 0.15) is 28.4 Å². The molecule has 4 aromatic rings. The van der Waals surface area contributed by atoms with Crippen LogP contribution in [0, 0.1) is 5.82 Å². The summed E-state index contributed by atoms with van der Waals surface area (Å²) < 4.78 is 26.7. The number of hydrogen-bond acceptors (Lipinski definition) is 6. The molecule has 6 nitrogen and oxygen atoms in total. The lowest BCUT2D eigenvalue weighted by Crippen LogP contribution is -2.49. The van der Waals surface area contributed by atoms with Gasteiger partial charge >= 0.3 is 0 Å². The molecule has 2 aliphatic heterocycles. The third-order valence-electron chi connectivity index (χ3n) is 6.72. The molecule has 0 radical (unpaired) electrons. The van der Waals surface area contributed by atoms with Crippen LogP contribution in [0.4, 0.5) is 4.39 Å². The molecule has 0 aliphatic carbocycles. The maximum absolute atomic E-state index is 13.9. The molecule has 1 N–H and O–H groups in total. The Morgan fingerprint density at radius 1 is 1.24 bits per heavy atom. The van der Waals surface area contributed by atoms with Crippen LogP contribution in [0.15, 0.2) is 46.9 Å². The second-order valence-corrected chi connectivity index (χ2v) is 10.0. The highest BCUT2D eigenvalue weighted by molar-refractivity contribution is 7.20. The van der Waals surface area contributed by atoms with Gasteiger partial charge in [-0.2, -0.15) is 4.98 Å². The number of thiazole rings is 1. The Kier molecular flexibility index (Phi) is 5.07. The van der Waals surface area contributed by atoms with Crippen molar-refractivity contribution < 1.29 is 18.3 Å². The van der Waals surface area contributed by atoms with Crippen LogP contribution in [0.25, 0.3) is 21.2 Å². The Balaban J connectivity index is 1.18. The van der Waals surface area contributed by atoms with Crippen LogP contribution < -0.4 is 10.1 Å². The first-order chi connectivity index (χ1) is 16.0. The predicted octanol–water partition coefficient (Wildman–Crippen LogP) is 5.61. The summed E-state index contributed by atoms with van der Waals surface area (Å²) >= 11 is 1.32. The summed E-state index contributed by atoms with van der Waals surface area (Å²) in [6.07, 6.45) is 4.33. The second-order valence-electron chi connectivity index (χ2n) is 9.01. The van der Waals surface area contributed by atoms with Gasteiger partial charge in [0.15, 0.2) is 0 Å². The number of fused-ring (bicyclic) bond motifs is 4. The van der Waals surface area contributed by atoms with Crippen LogP contribution >= 0.6 is 11.3 Å². The number of rotatable bonds is 5. The average Bonchev–Trinajstić information content (AvgIpc) is 3.42. The molecule has 4 heterocycles. The minimum atomic E-state index is -0.344. The van der Waals surface area contributed by atoms with E-state index in [0.717, 1.165) is 40.8 Å². The second kappa shape index (κ2) is 8.11. The van der Waals surface area contributed by atoms with Crippen molar-refractivity contribution in [2.24, 2.45) is 0 Å². The first kappa shape index (κ1) is 20.6. The topological polar surface area (TPSA) is 67.6 Å². The first-order valence-corrected chi connectivity index (χ1v) is 12.1. The lowest BCUT2D eigenvalue weighted by molar-refractivity contribution is -0.120. The monoisotopic (exact) mass is 465 g/mol. The van der Waals surface area contributed by atoms with Gasteiger partial charge in [0, 0.05) is 30.4 Å². The van der Waals surface area contributed by atoms with Crippen molar-refractivity contribution in [3.05, 3.63) is 54.0 Å². The lowest BCUT2D eigenvalue weighted by atomic mass is 9.97. The van der Waals surface area contributed by atoms with Crippen molar-refractivity contribution >= 4 is 38.4 Å². The number of carbonyl (C=O) groups excluding carboxylic acids is 1. The fourth-order valence-corrected chi connectivity index (χ4v) is 6.22. The van der Waals surface area contributed by atoms with Crippen molar-refractivity contribution in [1.82, 2.24) is 15.2 Å². The Morgan fingerprint density at radius 3 is 2.82 bits per heavy atom. The largest absolute Gasteiger partial charge is 0.460 e. The molecule has 1 amide bonds. The van der Waals surface area contributed by atoms with Gasteiger partial charge in [-0.15, -0.1) is 0 Å². The SMILES string of the molecule is CC(=O)NC1CC2CC[C@H](C1)N2Cc1cc2cc(Oc3nc4c(F)cccc4s3)ccc2o1. The summed E-state index contributed by atoms with van der Waals surface area (Å²) in [6, 6.07) is 13.9. The summed E-state index contributed by atoms with van der Waals surface area (Å²) in [5.74, 6) is 1.28. The molecular formula is C25H24FN3O3S. The van der Waals surface area contributed by atoms with E-state index in [1.54, 1.807) is 13.0 Å². The molecule has 33 heavy (non-hydrogen) atoms. The van der Waals surface area contributed by atoms with Crippen molar-refractivity contribution in [3.63, 3.8) is 0 Å². The highest BCUT2D eigenvalue weighted by Crippen LogP contribution is 2.38. The van der Waals surface area contributed by atoms with E-state index >= 15 is 0 Å². The summed E-state index contributed by atoms with van der Waals surface area (Å²) in [7, 11) is 0. The van der Waals surface area contributed by atoms with Gasteiger partial charge < -0.3 is 14.5 Å². The Bertz CT molecular complexity index is 1340. The molecule has 2 saturated heterocycles. The number of amides is 1. The maximum Gasteiger partial charge on any atom is 0.279 e. The van der Waals surface area contributed by atoms with E-state index in [4.69, 9.17) is 9.15 Å². The van der Waals surface area contributed by atoms with E-state index in [-0.39, 0.29) is 17.8 Å². The maximum atomic E-state index is 13.9. The van der Waals surface area contributed by atoms with Gasteiger partial charge in [-0.25, -0.2) is 4.39 Å². The number of hydrogen-bond donors (Lipinski definition) is 1. The lowest BCUT2D eigenvalue weighted by Gasteiger charge is -2.38. The highest BCUT2D eigenvalue weighted by atomic mass is 32.1. The van der Waals surface area contributed by atoms with E-state index in [1.165, 1.54) is 30.2 Å². The third-order valence-corrected chi connectivity index (χ3v) is 7.62. The number of carbonyl (C=O) groups is 1. The van der Waals surface area contributed by atoms with Gasteiger partial charge in [0.05, 0.1) is 11.2 Å². The molecule has 2 fully saturated rings. The van der Waals surface area contributed by atoms with Gasteiger partial charge in [0.2, 0.25) is 5.91 Å². The van der Waals surface area contributed by atoms with Crippen molar-refractivity contribution in [2.45, 2.75) is 57.3 Å². The molecule has 170 valence electrons. The summed E-state index contributed by atoms with van der Waals surface area (Å²) in [5.41, 5.74) is 1.15.